The fraction of sp³-hybridized carbons (Fsp3) is 0.850. The van der Waals surface area contributed by atoms with Crippen LogP contribution in [0.1, 0.15) is 40.3 Å². The molecule has 1 aromatic rings. The van der Waals surface area contributed by atoms with Gasteiger partial charge in [0.15, 0.2) is 8.32 Å². The van der Waals surface area contributed by atoms with Gasteiger partial charge in [-0.25, -0.2) is 4.68 Å². The summed E-state index contributed by atoms with van der Waals surface area (Å²) in [5.41, 5.74) is 1.21. The van der Waals surface area contributed by atoms with Crippen molar-refractivity contribution >= 4 is 39.0 Å². The van der Waals surface area contributed by atoms with Crippen LogP contribution >= 0.6 is 22.6 Å². The Morgan fingerprint density at radius 1 is 1.07 bits per heavy atom. The smallest absolute Gasteiger partial charge is 0.192 e. The molecule has 0 radical (unpaired) electrons. The van der Waals surface area contributed by atoms with Gasteiger partial charge in [-0.2, -0.15) is 5.10 Å². The summed E-state index contributed by atoms with van der Waals surface area (Å²) < 4.78 is 15.5. The Kier molecular flexibility index (Phi) is 8.82. The van der Waals surface area contributed by atoms with E-state index in [0.717, 1.165) is 25.3 Å². The molecule has 0 aliphatic heterocycles. The molecule has 158 valence electrons. The number of nitrogens with zero attached hydrogens (tertiary/aromatic N) is 2. The molecule has 0 aromatic carbocycles. The van der Waals surface area contributed by atoms with Gasteiger partial charge in [0.25, 0.3) is 0 Å². The van der Waals surface area contributed by atoms with Crippen molar-refractivity contribution < 1.29 is 9.16 Å². The molecule has 1 rings (SSSR count). The highest BCUT2D eigenvalue weighted by Crippen LogP contribution is 2.38. The van der Waals surface area contributed by atoms with Crippen LogP contribution in [0.25, 0.3) is 0 Å². The van der Waals surface area contributed by atoms with Crippen LogP contribution in [0, 0.1) is 8.99 Å². The van der Waals surface area contributed by atoms with Crippen molar-refractivity contribution in [2.75, 3.05) is 13.2 Å². The predicted octanol–water partition coefficient (Wildman–Crippen LogP) is 6.39. The molecule has 0 aliphatic rings. The SMILES string of the molecule is CC(C)(CO[Si](C)(C)C(C)(C)C)Cc1nn(COCC[Si](C)(C)C)cc1I. The normalized spacial score (nSPS) is 14.0. The van der Waals surface area contributed by atoms with Gasteiger partial charge in [0, 0.05) is 27.5 Å². The lowest BCUT2D eigenvalue weighted by molar-refractivity contribution is 0.0779. The highest BCUT2D eigenvalue weighted by Gasteiger charge is 2.38. The van der Waals surface area contributed by atoms with Gasteiger partial charge in [-0.3, -0.25) is 0 Å². The lowest BCUT2D eigenvalue weighted by Gasteiger charge is -2.39. The Labute approximate surface area is 183 Å². The van der Waals surface area contributed by atoms with Gasteiger partial charge in [-0.1, -0.05) is 54.3 Å². The maximum absolute atomic E-state index is 6.47. The van der Waals surface area contributed by atoms with Crippen LogP contribution in [-0.2, 0) is 22.3 Å². The summed E-state index contributed by atoms with van der Waals surface area (Å²) in [6.07, 6.45) is 3.01. The molecule has 0 saturated heterocycles. The number of halogens is 1. The van der Waals surface area contributed by atoms with E-state index in [4.69, 9.17) is 14.3 Å². The first-order valence-corrected chi connectivity index (χ1v) is 17.7. The van der Waals surface area contributed by atoms with E-state index < -0.39 is 16.4 Å². The second-order valence-electron chi connectivity index (χ2n) is 11.2. The molecule has 1 aromatic heterocycles. The molecule has 27 heavy (non-hydrogen) atoms. The highest BCUT2D eigenvalue weighted by molar-refractivity contribution is 14.1. The Hall–Kier alpha value is 0.294. The van der Waals surface area contributed by atoms with Crippen molar-refractivity contribution in [3.05, 3.63) is 15.5 Å². The van der Waals surface area contributed by atoms with Gasteiger partial charge in [0.2, 0.25) is 0 Å². The van der Waals surface area contributed by atoms with Crippen LogP contribution < -0.4 is 0 Å². The van der Waals surface area contributed by atoms with Crippen molar-refractivity contribution in [2.24, 2.45) is 5.41 Å². The summed E-state index contributed by atoms with van der Waals surface area (Å²) in [5, 5.41) is 5.02. The number of hydrogen-bond donors (Lipinski definition) is 0. The maximum atomic E-state index is 6.47. The average Bonchev–Trinajstić information content (AvgIpc) is 2.79. The first-order valence-electron chi connectivity index (χ1n) is 9.96. The third-order valence-electron chi connectivity index (χ3n) is 5.28. The van der Waals surface area contributed by atoms with E-state index in [1.165, 1.54) is 9.61 Å². The Bertz CT molecular complexity index is 602. The summed E-state index contributed by atoms with van der Waals surface area (Å²) in [7, 11) is -2.76. The van der Waals surface area contributed by atoms with E-state index in [9.17, 15) is 0 Å². The van der Waals surface area contributed by atoms with Crippen molar-refractivity contribution in [1.82, 2.24) is 9.78 Å². The van der Waals surface area contributed by atoms with Crippen LogP contribution in [-0.4, -0.2) is 39.4 Å². The van der Waals surface area contributed by atoms with Crippen molar-refractivity contribution in [2.45, 2.75) is 91.6 Å². The molecular weight excluding hydrogens is 483 g/mol. The number of hydrogen-bond acceptors (Lipinski definition) is 3. The summed E-state index contributed by atoms with van der Waals surface area (Å²) in [6.45, 7) is 25.3. The van der Waals surface area contributed by atoms with Crippen molar-refractivity contribution in [3.8, 4) is 0 Å². The second kappa shape index (κ2) is 9.40. The van der Waals surface area contributed by atoms with E-state index in [-0.39, 0.29) is 10.5 Å². The topological polar surface area (TPSA) is 36.3 Å². The van der Waals surface area contributed by atoms with E-state index in [0.29, 0.717) is 6.73 Å². The van der Waals surface area contributed by atoms with E-state index in [2.05, 4.69) is 96.1 Å². The molecule has 0 spiro atoms. The van der Waals surface area contributed by atoms with Crippen LogP contribution in [0.15, 0.2) is 6.20 Å². The summed E-state index contributed by atoms with van der Waals surface area (Å²) in [5.74, 6) is 0. The molecule has 1 heterocycles. The number of ether oxygens (including phenoxy) is 1. The van der Waals surface area contributed by atoms with Crippen LogP contribution in [0.5, 0.6) is 0 Å². The fourth-order valence-electron chi connectivity index (χ4n) is 2.26. The predicted molar refractivity (Wildman–Crippen MR) is 130 cm³/mol. The first kappa shape index (κ1) is 25.3. The zero-order valence-corrected chi connectivity index (χ0v) is 23.4. The molecular formula is C20H41IN2O2Si2. The molecule has 0 atom stereocenters. The quantitative estimate of drug-likeness (QED) is 0.202. The lowest BCUT2D eigenvalue weighted by atomic mass is 9.89. The largest absolute Gasteiger partial charge is 0.416 e. The Morgan fingerprint density at radius 2 is 1.67 bits per heavy atom. The molecule has 0 unspecified atom stereocenters. The Morgan fingerprint density at radius 3 is 2.19 bits per heavy atom. The number of aromatic nitrogens is 2. The fourth-order valence-corrected chi connectivity index (χ4v) is 4.82. The maximum Gasteiger partial charge on any atom is 0.192 e. The molecule has 0 N–H and O–H groups in total. The Balaban J connectivity index is 2.61. The van der Waals surface area contributed by atoms with Gasteiger partial charge in [-0.05, 0) is 58.6 Å². The van der Waals surface area contributed by atoms with E-state index >= 15 is 0 Å². The zero-order valence-electron chi connectivity index (χ0n) is 19.2. The minimum Gasteiger partial charge on any atom is -0.416 e. The second-order valence-corrected chi connectivity index (χ2v) is 22.8. The molecule has 0 saturated carbocycles. The van der Waals surface area contributed by atoms with Gasteiger partial charge < -0.3 is 9.16 Å². The summed E-state index contributed by atoms with van der Waals surface area (Å²) in [4.78, 5) is 0. The van der Waals surface area contributed by atoms with Crippen LogP contribution in [0.4, 0.5) is 0 Å². The van der Waals surface area contributed by atoms with E-state index in [1.54, 1.807) is 0 Å². The third-order valence-corrected chi connectivity index (χ3v) is 12.4. The third kappa shape index (κ3) is 9.10. The highest BCUT2D eigenvalue weighted by atomic mass is 127. The van der Waals surface area contributed by atoms with Crippen molar-refractivity contribution in [3.63, 3.8) is 0 Å². The standard InChI is InChI=1S/C20H41IN2O2Si2/c1-19(2,3)27(9,10)25-15-20(4,5)13-18-17(21)14-23(22-18)16-24-11-12-26(6,7)8/h14H,11-13,15-16H2,1-10H3. The van der Waals surface area contributed by atoms with Crippen molar-refractivity contribution in [1.29, 1.82) is 0 Å². The first-order chi connectivity index (χ1) is 12.0. The van der Waals surface area contributed by atoms with Gasteiger partial charge in [0.1, 0.15) is 6.73 Å². The summed E-state index contributed by atoms with van der Waals surface area (Å²) >= 11 is 2.39. The molecule has 0 bridgehead atoms. The zero-order chi connectivity index (χ0) is 21.1. The van der Waals surface area contributed by atoms with E-state index in [1.807, 2.05) is 4.68 Å². The van der Waals surface area contributed by atoms with Gasteiger partial charge in [0.05, 0.1) is 9.26 Å². The molecule has 7 heteroatoms. The van der Waals surface area contributed by atoms with Gasteiger partial charge in [-0.15, -0.1) is 0 Å². The van der Waals surface area contributed by atoms with Gasteiger partial charge >= 0.3 is 0 Å². The monoisotopic (exact) mass is 524 g/mol. The molecule has 0 fully saturated rings. The molecule has 4 nitrogen and oxygen atoms in total. The average molecular weight is 525 g/mol. The number of rotatable bonds is 10. The van der Waals surface area contributed by atoms with Crippen LogP contribution in [0.2, 0.25) is 43.8 Å². The molecule has 0 amide bonds. The minimum absolute atomic E-state index is 0.0628. The minimum atomic E-state index is -1.72. The van der Waals surface area contributed by atoms with Crippen LogP contribution in [0.3, 0.4) is 0 Å². The molecule has 0 aliphatic carbocycles. The summed E-state index contributed by atoms with van der Waals surface area (Å²) in [6, 6.07) is 1.19. The lowest BCUT2D eigenvalue weighted by Crippen LogP contribution is -2.43.